The topological polar surface area (TPSA) is 148 Å². The fraction of sp³-hybridized carbons (Fsp3) is 0.158. The zero-order chi connectivity index (χ0) is 20.1. The van der Waals surface area contributed by atoms with Gasteiger partial charge in [-0.3, -0.25) is 9.59 Å². The third-order valence-corrected chi connectivity index (χ3v) is 3.97. The maximum Gasteiger partial charge on any atom is 0.258 e. The van der Waals surface area contributed by atoms with Crippen molar-refractivity contribution in [3.8, 4) is 17.2 Å². The number of benzene rings is 2. The van der Waals surface area contributed by atoms with Crippen LogP contribution in [0.15, 0.2) is 46.3 Å². The highest BCUT2D eigenvalue weighted by atomic mass is 16.3. The number of hydrogen-bond donors (Lipinski definition) is 5. The molecule has 1 amide bonds. The zero-order valence-electron chi connectivity index (χ0n) is 14.7. The summed E-state index contributed by atoms with van der Waals surface area (Å²) in [6.07, 6.45) is 2.28. The molecule has 2 aromatic carbocycles. The van der Waals surface area contributed by atoms with E-state index in [-0.39, 0.29) is 17.9 Å². The Bertz CT molecular complexity index is 1080. The SMILES string of the molecule is O=C(CCCc1nc2ccccc2c(=O)[nH]1)N/N=C/c1cc(O)c(O)c(O)c1. The first-order chi connectivity index (χ1) is 13.4. The molecule has 0 fully saturated rings. The second-order valence-corrected chi connectivity index (χ2v) is 6.08. The number of H-pyrrole nitrogens is 1. The number of phenols is 3. The molecule has 5 N–H and O–H groups in total. The van der Waals surface area contributed by atoms with E-state index >= 15 is 0 Å². The number of carbonyl (C=O) groups is 1. The van der Waals surface area contributed by atoms with E-state index in [4.69, 9.17) is 0 Å². The third kappa shape index (κ3) is 4.44. The van der Waals surface area contributed by atoms with Crippen LogP contribution in [0.5, 0.6) is 17.2 Å². The van der Waals surface area contributed by atoms with E-state index in [0.29, 0.717) is 35.1 Å². The largest absolute Gasteiger partial charge is 0.504 e. The van der Waals surface area contributed by atoms with Gasteiger partial charge in [-0.25, -0.2) is 10.4 Å². The van der Waals surface area contributed by atoms with Crippen LogP contribution in [-0.4, -0.2) is 37.4 Å². The van der Waals surface area contributed by atoms with Crippen molar-refractivity contribution in [1.82, 2.24) is 15.4 Å². The molecule has 144 valence electrons. The smallest absolute Gasteiger partial charge is 0.258 e. The first kappa shape index (κ1) is 18.9. The second kappa shape index (κ2) is 8.21. The molecular weight excluding hydrogens is 364 g/mol. The van der Waals surface area contributed by atoms with E-state index in [9.17, 15) is 24.9 Å². The molecule has 0 aliphatic carbocycles. The Morgan fingerprint density at radius 1 is 1.18 bits per heavy atom. The number of aromatic nitrogens is 2. The lowest BCUT2D eigenvalue weighted by atomic mass is 10.2. The maximum absolute atomic E-state index is 12.0. The Morgan fingerprint density at radius 3 is 2.64 bits per heavy atom. The first-order valence-corrected chi connectivity index (χ1v) is 8.49. The lowest BCUT2D eigenvalue weighted by Gasteiger charge is -2.03. The molecule has 0 saturated carbocycles. The number of aromatic hydroxyl groups is 3. The number of hydrazone groups is 1. The van der Waals surface area contributed by atoms with Gasteiger partial charge >= 0.3 is 0 Å². The predicted octanol–water partition coefficient (Wildman–Crippen LogP) is 1.51. The van der Waals surface area contributed by atoms with Gasteiger partial charge in [0.05, 0.1) is 17.1 Å². The highest BCUT2D eigenvalue weighted by Gasteiger charge is 2.07. The average molecular weight is 382 g/mol. The minimum atomic E-state index is -0.624. The number of aryl methyl sites for hydroxylation is 1. The minimum absolute atomic E-state index is 0.167. The van der Waals surface area contributed by atoms with Crippen LogP contribution in [0, 0.1) is 0 Å². The Kier molecular flexibility index (Phi) is 5.54. The van der Waals surface area contributed by atoms with Crippen molar-refractivity contribution >= 4 is 23.0 Å². The molecule has 28 heavy (non-hydrogen) atoms. The van der Waals surface area contributed by atoms with E-state index in [2.05, 4.69) is 20.5 Å². The number of amides is 1. The number of nitrogens with one attached hydrogen (secondary N) is 2. The Morgan fingerprint density at radius 2 is 1.89 bits per heavy atom. The van der Waals surface area contributed by atoms with Crippen LogP contribution in [0.1, 0.15) is 24.2 Å². The van der Waals surface area contributed by atoms with Gasteiger partial charge in [0, 0.05) is 18.4 Å². The van der Waals surface area contributed by atoms with Crippen molar-refractivity contribution in [2.75, 3.05) is 0 Å². The first-order valence-electron chi connectivity index (χ1n) is 8.49. The fourth-order valence-corrected chi connectivity index (χ4v) is 2.60. The number of rotatable bonds is 6. The number of hydrogen-bond acceptors (Lipinski definition) is 7. The summed E-state index contributed by atoms with van der Waals surface area (Å²) >= 11 is 0. The summed E-state index contributed by atoms with van der Waals surface area (Å²) < 4.78 is 0. The molecule has 0 unspecified atom stereocenters. The molecule has 0 aliphatic heterocycles. The van der Waals surface area contributed by atoms with Crippen LogP contribution >= 0.6 is 0 Å². The van der Waals surface area contributed by atoms with Crippen LogP contribution in [0.2, 0.25) is 0 Å². The van der Waals surface area contributed by atoms with Crippen LogP contribution in [0.4, 0.5) is 0 Å². The quantitative estimate of drug-likeness (QED) is 0.248. The Hall–Kier alpha value is -3.88. The van der Waals surface area contributed by atoms with Crippen molar-refractivity contribution < 1.29 is 20.1 Å². The summed E-state index contributed by atoms with van der Waals surface area (Å²) in [6.45, 7) is 0. The van der Waals surface area contributed by atoms with Gasteiger partial charge in [-0.2, -0.15) is 5.10 Å². The highest BCUT2D eigenvalue weighted by Crippen LogP contribution is 2.34. The van der Waals surface area contributed by atoms with Gasteiger partial charge in [0.1, 0.15) is 5.82 Å². The molecule has 1 aromatic heterocycles. The number of aromatic amines is 1. The van der Waals surface area contributed by atoms with Crippen LogP contribution in [-0.2, 0) is 11.2 Å². The second-order valence-electron chi connectivity index (χ2n) is 6.08. The number of fused-ring (bicyclic) bond motifs is 1. The minimum Gasteiger partial charge on any atom is -0.504 e. The monoisotopic (exact) mass is 382 g/mol. The Labute approximate surface area is 159 Å². The van der Waals surface area contributed by atoms with Gasteiger partial charge in [-0.1, -0.05) is 12.1 Å². The van der Waals surface area contributed by atoms with Gasteiger partial charge in [0.15, 0.2) is 17.2 Å². The zero-order valence-corrected chi connectivity index (χ0v) is 14.7. The van der Waals surface area contributed by atoms with E-state index in [1.54, 1.807) is 24.3 Å². The molecular formula is C19H18N4O5. The number of para-hydroxylation sites is 1. The van der Waals surface area contributed by atoms with Gasteiger partial charge < -0.3 is 20.3 Å². The molecule has 3 rings (SSSR count). The highest BCUT2D eigenvalue weighted by molar-refractivity contribution is 5.84. The van der Waals surface area contributed by atoms with E-state index in [1.807, 2.05) is 0 Å². The summed E-state index contributed by atoms with van der Waals surface area (Å²) in [5, 5.41) is 32.3. The van der Waals surface area contributed by atoms with E-state index in [0.717, 1.165) is 0 Å². The molecule has 1 heterocycles. The normalized spacial score (nSPS) is 11.1. The summed E-state index contributed by atoms with van der Waals surface area (Å²) in [5.41, 5.74) is 3.02. The molecule has 9 nitrogen and oxygen atoms in total. The number of phenolic OH excluding ortho intramolecular Hbond substituents is 3. The van der Waals surface area contributed by atoms with Crippen LogP contribution < -0.4 is 11.0 Å². The summed E-state index contributed by atoms with van der Waals surface area (Å²) in [5.74, 6) is -1.45. The van der Waals surface area contributed by atoms with Gasteiger partial charge in [-0.05, 0) is 30.7 Å². The van der Waals surface area contributed by atoms with Crippen LogP contribution in [0.25, 0.3) is 10.9 Å². The maximum atomic E-state index is 12.0. The van der Waals surface area contributed by atoms with E-state index < -0.39 is 17.2 Å². The van der Waals surface area contributed by atoms with Crippen molar-refractivity contribution in [2.45, 2.75) is 19.3 Å². The summed E-state index contributed by atoms with van der Waals surface area (Å²) in [7, 11) is 0. The van der Waals surface area contributed by atoms with Crippen LogP contribution in [0.3, 0.4) is 0 Å². The predicted molar refractivity (Wildman–Crippen MR) is 102 cm³/mol. The third-order valence-electron chi connectivity index (χ3n) is 3.97. The summed E-state index contributed by atoms with van der Waals surface area (Å²) in [4.78, 5) is 30.9. The van der Waals surface area contributed by atoms with Gasteiger partial charge in [0.2, 0.25) is 5.91 Å². The molecule has 0 saturated heterocycles. The lowest BCUT2D eigenvalue weighted by Crippen LogP contribution is -2.18. The fourth-order valence-electron chi connectivity index (χ4n) is 2.60. The number of carbonyl (C=O) groups excluding carboxylic acids is 1. The average Bonchev–Trinajstić information content (AvgIpc) is 2.66. The lowest BCUT2D eigenvalue weighted by molar-refractivity contribution is -0.121. The number of nitrogens with zero attached hydrogens (tertiary/aromatic N) is 2. The molecule has 3 aromatic rings. The standard InChI is InChI=1S/C19H18N4O5/c24-14-8-11(9-15(25)18(14)27)10-20-23-17(26)7-3-6-16-21-13-5-2-1-4-12(13)19(28)22-16/h1-2,4-5,8-10,24-25,27H,3,6-7H2,(H,23,26)(H,21,22,28)/b20-10+. The molecule has 0 aliphatic rings. The molecule has 9 heteroatoms. The Balaban J connectivity index is 1.52. The molecule has 0 spiro atoms. The van der Waals surface area contributed by atoms with Crippen molar-refractivity contribution in [3.63, 3.8) is 0 Å². The van der Waals surface area contributed by atoms with Gasteiger partial charge in [-0.15, -0.1) is 0 Å². The summed E-state index contributed by atoms with van der Waals surface area (Å²) in [6, 6.07) is 9.40. The molecule has 0 atom stereocenters. The molecule has 0 bridgehead atoms. The van der Waals surface area contributed by atoms with Crippen molar-refractivity contribution in [1.29, 1.82) is 0 Å². The van der Waals surface area contributed by atoms with Crippen molar-refractivity contribution in [3.05, 3.63) is 58.1 Å². The van der Waals surface area contributed by atoms with Gasteiger partial charge in [0.25, 0.3) is 5.56 Å². The van der Waals surface area contributed by atoms with E-state index in [1.165, 1.54) is 18.3 Å². The molecule has 0 radical (unpaired) electrons. The van der Waals surface area contributed by atoms with Crippen molar-refractivity contribution in [2.24, 2.45) is 5.10 Å².